The number of alkyl halides is 1. The molecule has 172 valence electrons. The highest BCUT2D eigenvalue weighted by molar-refractivity contribution is 7.99. The molecule has 1 aromatic rings. The van der Waals surface area contributed by atoms with E-state index in [4.69, 9.17) is 18.9 Å². The Kier molecular flexibility index (Phi) is 13.0. The van der Waals surface area contributed by atoms with E-state index < -0.39 is 24.5 Å². The van der Waals surface area contributed by atoms with Crippen molar-refractivity contribution in [2.24, 2.45) is 0 Å². The van der Waals surface area contributed by atoms with Crippen molar-refractivity contribution in [2.45, 2.75) is 94.1 Å². The van der Waals surface area contributed by atoms with Gasteiger partial charge in [0.15, 0.2) is 6.17 Å². The lowest BCUT2D eigenvalue weighted by Crippen LogP contribution is -2.58. The maximum Gasteiger partial charge on any atom is 0.157 e. The molecule has 1 saturated heterocycles. The van der Waals surface area contributed by atoms with Gasteiger partial charge in [0.2, 0.25) is 0 Å². The minimum Gasteiger partial charge on any atom is -0.379 e. The van der Waals surface area contributed by atoms with E-state index >= 15 is 4.39 Å². The molecule has 6 heteroatoms. The van der Waals surface area contributed by atoms with Gasteiger partial charge in [-0.05, 0) is 31.4 Å². The summed E-state index contributed by atoms with van der Waals surface area (Å²) in [6.45, 7) is 8.30. The SMILES string of the molecule is CCCCOCC1O[C@@H](Sc2ccccc2)[C@@H](OCCCC)C(OCCCC)[C@H]1F. The van der Waals surface area contributed by atoms with Crippen LogP contribution >= 0.6 is 11.8 Å². The van der Waals surface area contributed by atoms with E-state index in [9.17, 15) is 0 Å². The summed E-state index contributed by atoms with van der Waals surface area (Å²) in [5.74, 6) is 0. The Labute approximate surface area is 186 Å². The molecule has 1 aliphatic rings. The average Bonchev–Trinajstić information content (AvgIpc) is 2.76. The zero-order valence-electron chi connectivity index (χ0n) is 18.8. The highest BCUT2D eigenvalue weighted by Gasteiger charge is 2.48. The zero-order valence-corrected chi connectivity index (χ0v) is 19.6. The first-order valence-electron chi connectivity index (χ1n) is 11.5. The Morgan fingerprint density at radius 2 is 1.47 bits per heavy atom. The monoisotopic (exact) mass is 442 g/mol. The molecular weight excluding hydrogens is 403 g/mol. The summed E-state index contributed by atoms with van der Waals surface area (Å²) in [7, 11) is 0. The van der Waals surface area contributed by atoms with Crippen molar-refractivity contribution < 1.29 is 23.3 Å². The van der Waals surface area contributed by atoms with Crippen LogP contribution in [0.4, 0.5) is 4.39 Å². The van der Waals surface area contributed by atoms with E-state index in [1.807, 2.05) is 30.3 Å². The predicted octanol–water partition coefficient (Wildman–Crippen LogP) is 6.03. The highest BCUT2D eigenvalue weighted by atomic mass is 32.2. The number of unbranched alkanes of at least 4 members (excludes halogenated alkanes) is 3. The summed E-state index contributed by atoms with van der Waals surface area (Å²) in [5, 5.41) is 0. The van der Waals surface area contributed by atoms with Gasteiger partial charge in [-0.25, -0.2) is 4.39 Å². The number of thioether (sulfide) groups is 1. The molecule has 0 bridgehead atoms. The summed E-state index contributed by atoms with van der Waals surface area (Å²) in [6.07, 6.45) is 2.85. The standard InChI is InChI=1S/C24H39FO4S/c1-4-7-15-26-18-20-21(25)22(27-16-8-5-2)23(28-17-9-6-3)24(29-20)30-19-13-11-10-12-14-19/h10-14,20-24H,4-9,15-18H2,1-3H3/t20?,21-,22?,23-,24-/m0/s1. The van der Waals surface area contributed by atoms with Crippen molar-refractivity contribution in [1.29, 1.82) is 0 Å². The third kappa shape index (κ3) is 8.46. The summed E-state index contributed by atoms with van der Waals surface area (Å²) < 4.78 is 39.7. The molecule has 0 aliphatic carbocycles. The molecule has 0 amide bonds. The smallest absolute Gasteiger partial charge is 0.157 e. The van der Waals surface area contributed by atoms with E-state index in [1.54, 1.807) is 11.8 Å². The number of ether oxygens (including phenoxy) is 4. The zero-order chi connectivity index (χ0) is 21.6. The van der Waals surface area contributed by atoms with Gasteiger partial charge in [0.05, 0.1) is 6.61 Å². The van der Waals surface area contributed by atoms with Crippen LogP contribution in [0.5, 0.6) is 0 Å². The maximum atomic E-state index is 15.5. The molecular formula is C24H39FO4S. The predicted molar refractivity (Wildman–Crippen MR) is 121 cm³/mol. The van der Waals surface area contributed by atoms with Gasteiger partial charge in [-0.15, -0.1) is 0 Å². The summed E-state index contributed by atoms with van der Waals surface area (Å²) in [5.41, 5.74) is -0.345. The molecule has 0 N–H and O–H groups in total. The van der Waals surface area contributed by atoms with Crippen molar-refractivity contribution in [3.63, 3.8) is 0 Å². The minimum absolute atomic E-state index is 0.238. The van der Waals surface area contributed by atoms with Crippen molar-refractivity contribution in [3.8, 4) is 0 Å². The minimum atomic E-state index is -1.28. The van der Waals surface area contributed by atoms with E-state index in [2.05, 4.69) is 20.8 Å². The summed E-state index contributed by atoms with van der Waals surface area (Å²) in [6, 6.07) is 10.1. The molecule has 4 nitrogen and oxygen atoms in total. The van der Waals surface area contributed by atoms with Gasteiger partial charge in [0.25, 0.3) is 0 Å². The number of halogens is 1. The number of benzene rings is 1. The fraction of sp³-hybridized carbons (Fsp3) is 0.750. The van der Waals surface area contributed by atoms with Gasteiger partial charge in [-0.2, -0.15) is 0 Å². The third-order valence-electron chi connectivity index (χ3n) is 5.11. The van der Waals surface area contributed by atoms with E-state index in [0.29, 0.717) is 19.8 Å². The molecule has 2 unspecified atom stereocenters. The number of rotatable bonds is 15. The molecule has 1 aromatic carbocycles. The molecule has 2 rings (SSSR count). The van der Waals surface area contributed by atoms with E-state index in [0.717, 1.165) is 43.4 Å². The van der Waals surface area contributed by atoms with Gasteiger partial charge >= 0.3 is 0 Å². The Hall–Kier alpha value is -0.660. The van der Waals surface area contributed by atoms with E-state index in [1.165, 1.54) is 0 Å². The lowest BCUT2D eigenvalue weighted by Gasteiger charge is -2.43. The van der Waals surface area contributed by atoms with Crippen molar-refractivity contribution in [3.05, 3.63) is 30.3 Å². The van der Waals surface area contributed by atoms with Gasteiger partial charge < -0.3 is 18.9 Å². The van der Waals surface area contributed by atoms with E-state index in [-0.39, 0.29) is 12.0 Å². The number of hydrogen-bond acceptors (Lipinski definition) is 5. The molecule has 30 heavy (non-hydrogen) atoms. The largest absolute Gasteiger partial charge is 0.379 e. The van der Waals surface area contributed by atoms with Gasteiger partial charge in [0.1, 0.15) is 23.7 Å². The topological polar surface area (TPSA) is 36.9 Å². The fourth-order valence-corrected chi connectivity index (χ4v) is 4.41. The molecule has 1 heterocycles. The van der Waals surface area contributed by atoms with Crippen LogP contribution in [0, 0.1) is 0 Å². The van der Waals surface area contributed by atoms with Crippen LogP contribution in [0.3, 0.4) is 0 Å². The Bertz CT molecular complexity index is 547. The lowest BCUT2D eigenvalue weighted by atomic mass is 10.0. The van der Waals surface area contributed by atoms with Gasteiger partial charge in [-0.3, -0.25) is 0 Å². The second-order valence-electron chi connectivity index (χ2n) is 7.72. The Morgan fingerprint density at radius 1 is 0.867 bits per heavy atom. The Morgan fingerprint density at radius 3 is 2.10 bits per heavy atom. The molecule has 0 saturated carbocycles. The Balaban J connectivity index is 2.15. The van der Waals surface area contributed by atoms with Crippen LogP contribution in [0.15, 0.2) is 35.2 Å². The van der Waals surface area contributed by atoms with Crippen LogP contribution in [0.2, 0.25) is 0 Å². The fourth-order valence-electron chi connectivity index (χ4n) is 3.27. The summed E-state index contributed by atoms with van der Waals surface area (Å²) >= 11 is 1.57. The molecule has 0 spiro atoms. The highest BCUT2D eigenvalue weighted by Crippen LogP contribution is 2.37. The average molecular weight is 443 g/mol. The van der Waals surface area contributed by atoms with Crippen molar-refractivity contribution >= 4 is 11.8 Å². The van der Waals surface area contributed by atoms with Crippen LogP contribution in [0.1, 0.15) is 59.3 Å². The van der Waals surface area contributed by atoms with Gasteiger partial charge in [-0.1, -0.05) is 70.0 Å². The lowest BCUT2D eigenvalue weighted by molar-refractivity contribution is -0.218. The van der Waals surface area contributed by atoms with Crippen molar-refractivity contribution in [2.75, 3.05) is 26.4 Å². The number of hydrogen-bond donors (Lipinski definition) is 0. The molecule has 0 radical (unpaired) electrons. The van der Waals surface area contributed by atoms with Crippen molar-refractivity contribution in [1.82, 2.24) is 0 Å². The normalized spacial score (nSPS) is 26.7. The van der Waals surface area contributed by atoms with Crippen LogP contribution in [-0.4, -0.2) is 56.3 Å². The molecule has 5 atom stereocenters. The molecule has 0 aromatic heterocycles. The second-order valence-corrected chi connectivity index (χ2v) is 8.90. The molecule has 1 fully saturated rings. The van der Waals surface area contributed by atoms with Crippen LogP contribution in [0.25, 0.3) is 0 Å². The molecule has 1 aliphatic heterocycles. The first-order valence-corrected chi connectivity index (χ1v) is 12.4. The van der Waals surface area contributed by atoms with Crippen LogP contribution in [-0.2, 0) is 18.9 Å². The quantitative estimate of drug-likeness (QED) is 0.310. The summed E-state index contributed by atoms with van der Waals surface area (Å²) in [4.78, 5) is 1.07. The maximum absolute atomic E-state index is 15.5. The van der Waals surface area contributed by atoms with Crippen LogP contribution < -0.4 is 0 Å². The second kappa shape index (κ2) is 15.2. The van der Waals surface area contributed by atoms with Gasteiger partial charge in [0, 0.05) is 24.7 Å². The first kappa shape index (κ1) is 25.6. The first-order chi connectivity index (χ1) is 14.7. The third-order valence-corrected chi connectivity index (χ3v) is 6.26.